The highest BCUT2D eigenvalue weighted by Crippen LogP contribution is 2.26. The Morgan fingerprint density at radius 2 is 1.96 bits per heavy atom. The van der Waals surface area contributed by atoms with E-state index >= 15 is 0 Å². The number of hydrogen-bond donors (Lipinski definition) is 1. The molecule has 0 atom stereocenters. The number of primary amides is 1. The van der Waals surface area contributed by atoms with Crippen molar-refractivity contribution in [1.29, 1.82) is 0 Å². The molecule has 1 fully saturated rings. The van der Waals surface area contributed by atoms with E-state index in [1.54, 1.807) is 18.4 Å². The van der Waals surface area contributed by atoms with Crippen LogP contribution in [-0.2, 0) is 11.3 Å². The van der Waals surface area contributed by atoms with Crippen molar-refractivity contribution >= 4 is 5.91 Å². The second kappa shape index (κ2) is 8.94. The average Bonchev–Trinajstić information content (AvgIpc) is 3.09. The molecule has 1 aromatic carbocycles. The molecule has 1 heterocycles. The molecule has 6 heteroatoms. The van der Waals surface area contributed by atoms with Crippen molar-refractivity contribution < 1.29 is 13.6 Å². The van der Waals surface area contributed by atoms with Crippen LogP contribution in [0.15, 0.2) is 34.9 Å². The van der Waals surface area contributed by atoms with E-state index in [0.29, 0.717) is 12.4 Å². The minimum Gasteiger partial charge on any atom is -0.444 e. The summed E-state index contributed by atoms with van der Waals surface area (Å²) in [5.41, 5.74) is 6.87. The summed E-state index contributed by atoms with van der Waals surface area (Å²) < 4.78 is 18.6. The van der Waals surface area contributed by atoms with Gasteiger partial charge in [0.2, 0.25) is 11.8 Å². The standard InChI is InChI=1S/C20H26FN3O2/c21-17-8-6-16(7-9-17)20-23-18(14-26-20)12-24(13-19(22)25)11-10-15-4-2-1-3-5-15/h6-9,14-15H,1-5,10-13H2,(H2,22,25). The number of aromatic nitrogens is 1. The fourth-order valence-electron chi connectivity index (χ4n) is 3.61. The van der Waals surface area contributed by atoms with Crippen LogP contribution >= 0.6 is 0 Å². The molecule has 1 saturated carbocycles. The Morgan fingerprint density at radius 1 is 1.23 bits per heavy atom. The van der Waals surface area contributed by atoms with Crippen molar-refractivity contribution in [1.82, 2.24) is 9.88 Å². The van der Waals surface area contributed by atoms with Crippen LogP contribution in [0.5, 0.6) is 0 Å². The first-order valence-electron chi connectivity index (χ1n) is 9.31. The summed E-state index contributed by atoms with van der Waals surface area (Å²) in [6.45, 7) is 1.55. The van der Waals surface area contributed by atoms with Gasteiger partial charge in [-0.15, -0.1) is 0 Å². The smallest absolute Gasteiger partial charge is 0.231 e. The molecule has 3 rings (SSSR count). The van der Waals surface area contributed by atoms with Crippen molar-refractivity contribution in [2.45, 2.75) is 45.1 Å². The first-order chi connectivity index (χ1) is 12.6. The predicted molar refractivity (Wildman–Crippen MR) is 97.6 cm³/mol. The number of carbonyl (C=O) groups excluding carboxylic acids is 1. The first kappa shape index (κ1) is 18.6. The summed E-state index contributed by atoms with van der Waals surface area (Å²) in [4.78, 5) is 17.9. The van der Waals surface area contributed by atoms with Crippen LogP contribution in [0, 0.1) is 11.7 Å². The summed E-state index contributed by atoms with van der Waals surface area (Å²) in [5.74, 6) is 0.560. The number of amides is 1. The molecule has 0 unspecified atom stereocenters. The molecule has 0 aliphatic heterocycles. The molecule has 140 valence electrons. The lowest BCUT2D eigenvalue weighted by atomic mass is 9.87. The van der Waals surface area contributed by atoms with E-state index in [4.69, 9.17) is 10.2 Å². The maximum Gasteiger partial charge on any atom is 0.231 e. The Labute approximate surface area is 153 Å². The molecule has 0 radical (unpaired) electrons. The zero-order valence-corrected chi connectivity index (χ0v) is 15.0. The van der Waals surface area contributed by atoms with Gasteiger partial charge in [0.15, 0.2) is 0 Å². The average molecular weight is 359 g/mol. The molecule has 26 heavy (non-hydrogen) atoms. The zero-order chi connectivity index (χ0) is 18.4. The van der Waals surface area contributed by atoms with Gasteiger partial charge in [-0.05, 0) is 43.1 Å². The second-order valence-corrected chi connectivity index (χ2v) is 7.12. The van der Waals surface area contributed by atoms with Crippen LogP contribution in [0.3, 0.4) is 0 Å². The summed E-state index contributed by atoms with van der Waals surface area (Å²) in [6.07, 6.45) is 9.19. The van der Waals surface area contributed by atoms with Crippen molar-refractivity contribution in [3.05, 3.63) is 42.0 Å². The highest BCUT2D eigenvalue weighted by Gasteiger charge is 2.17. The molecule has 1 aliphatic rings. The topological polar surface area (TPSA) is 72.4 Å². The summed E-state index contributed by atoms with van der Waals surface area (Å²) in [7, 11) is 0. The van der Waals surface area contributed by atoms with Crippen molar-refractivity contribution in [2.24, 2.45) is 11.7 Å². The minimum absolute atomic E-state index is 0.214. The Kier molecular flexibility index (Phi) is 6.39. The molecule has 0 saturated heterocycles. The Morgan fingerprint density at radius 3 is 2.65 bits per heavy atom. The molecule has 2 aromatic rings. The van der Waals surface area contributed by atoms with Crippen LogP contribution in [0.2, 0.25) is 0 Å². The largest absolute Gasteiger partial charge is 0.444 e. The summed E-state index contributed by atoms with van der Waals surface area (Å²) in [6, 6.07) is 6.02. The fourth-order valence-corrected chi connectivity index (χ4v) is 3.61. The summed E-state index contributed by atoms with van der Waals surface area (Å²) in [5, 5.41) is 0. The van der Waals surface area contributed by atoms with Crippen molar-refractivity contribution in [3.8, 4) is 11.5 Å². The van der Waals surface area contributed by atoms with E-state index in [9.17, 15) is 9.18 Å². The van der Waals surface area contributed by atoms with Gasteiger partial charge in [-0.1, -0.05) is 32.1 Å². The third-order valence-corrected chi connectivity index (χ3v) is 4.99. The number of nitrogens with zero attached hydrogens (tertiary/aromatic N) is 2. The van der Waals surface area contributed by atoms with E-state index < -0.39 is 0 Å². The Balaban J connectivity index is 1.60. The normalized spacial score (nSPS) is 15.5. The van der Waals surface area contributed by atoms with Gasteiger partial charge < -0.3 is 10.2 Å². The molecule has 1 aliphatic carbocycles. The maximum absolute atomic E-state index is 13.0. The molecule has 0 spiro atoms. The number of benzene rings is 1. The minimum atomic E-state index is -0.337. The quantitative estimate of drug-likeness (QED) is 0.779. The second-order valence-electron chi connectivity index (χ2n) is 7.12. The third kappa shape index (κ3) is 5.39. The highest BCUT2D eigenvalue weighted by molar-refractivity contribution is 5.75. The summed E-state index contributed by atoms with van der Waals surface area (Å²) >= 11 is 0. The number of halogens is 1. The Bertz CT molecular complexity index is 708. The molecule has 2 N–H and O–H groups in total. The third-order valence-electron chi connectivity index (χ3n) is 4.99. The lowest BCUT2D eigenvalue weighted by Gasteiger charge is -2.25. The van der Waals surface area contributed by atoms with E-state index in [2.05, 4.69) is 4.98 Å². The van der Waals surface area contributed by atoms with E-state index in [-0.39, 0.29) is 18.3 Å². The van der Waals surface area contributed by atoms with Crippen LogP contribution in [-0.4, -0.2) is 28.9 Å². The first-order valence-corrected chi connectivity index (χ1v) is 9.31. The molecule has 1 amide bonds. The monoisotopic (exact) mass is 359 g/mol. The van der Waals surface area contributed by atoms with Gasteiger partial charge in [0.05, 0.1) is 12.2 Å². The van der Waals surface area contributed by atoms with Crippen LogP contribution in [0.4, 0.5) is 4.39 Å². The lowest BCUT2D eigenvalue weighted by Crippen LogP contribution is -2.35. The number of rotatable bonds is 8. The van der Waals surface area contributed by atoms with Crippen LogP contribution in [0.25, 0.3) is 11.5 Å². The van der Waals surface area contributed by atoms with Crippen molar-refractivity contribution in [3.63, 3.8) is 0 Å². The fraction of sp³-hybridized carbons (Fsp3) is 0.500. The van der Waals surface area contributed by atoms with E-state index in [1.165, 1.54) is 44.2 Å². The van der Waals surface area contributed by atoms with Gasteiger partial charge in [-0.3, -0.25) is 9.69 Å². The maximum atomic E-state index is 13.0. The van der Waals surface area contributed by atoms with Gasteiger partial charge in [0.25, 0.3) is 0 Å². The Hall–Kier alpha value is -2.21. The van der Waals surface area contributed by atoms with Crippen LogP contribution in [0.1, 0.15) is 44.2 Å². The lowest BCUT2D eigenvalue weighted by molar-refractivity contribution is -0.119. The molecule has 5 nitrogen and oxygen atoms in total. The predicted octanol–water partition coefficient (Wildman–Crippen LogP) is 3.74. The highest BCUT2D eigenvalue weighted by atomic mass is 19.1. The SMILES string of the molecule is NC(=O)CN(CCC1CCCCC1)Cc1coc(-c2ccc(F)cc2)n1. The molecular weight excluding hydrogens is 333 g/mol. The van der Waals surface area contributed by atoms with Gasteiger partial charge in [-0.2, -0.15) is 0 Å². The van der Waals surface area contributed by atoms with E-state index in [0.717, 1.165) is 30.1 Å². The number of hydrogen-bond acceptors (Lipinski definition) is 4. The van der Waals surface area contributed by atoms with Gasteiger partial charge in [0.1, 0.15) is 12.1 Å². The number of carbonyl (C=O) groups is 1. The molecular formula is C20H26FN3O2. The van der Waals surface area contributed by atoms with Gasteiger partial charge >= 0.3 is 0 Å². The molecule has 1 aromatic heterocycles. The van der Waals surface area contributed by atoms with Crippen LogP contribution < -0.4 is 5.73 Å². The van der Waals surface area contributed by atoms with Gasteiger partial charge in [0, 0.05) is 12.1 Å². The number of nitrogens with two attached hydrogens (primary N) is 1. The van der Waals surface area contributed by atoms with Gasteiger partial charge in [-0.25, -0.2) is 9.37 Å². The van der Waals surface area contributed by atoms with Crippen molar-refractivity contribution in [2.75, 3.05) is 13.1 Å². The zero-order valence-electron chi connectivity index (χ0n) is 15.0. The number of oxazole rings is 1. The van der Waals surface area contributed by atoms with E-state index in [1.807, 2.05) is 4.90 Å². The molecule has 0 bridgehead atoms.